The molecule has 2 unspecified atom stereocenters. The van der Waals surface area contributed by atoms with Crippen LogP contribution in [0.25, 0.3) is 0 Å². The van der Waals surface area contributed by atoms with Crippen molar-refractivity contribution < 1.29 is 80.2 Å². The SMILES string of the molecule is CCCCCCCCCCCCCCCCCCC(=O)OC[C@H](COP(=O)(O)OC[C@@H](O)COP(=O)(O)OC[C@@H](COC(=O)CCCCCCCCC(C)C)OC(=O)CCCCCCCCCCCC)OC(=O)CCCCCCCCCCCCCCCCCC. The quantitative estimate of drug-likeness (QED) is 0.0222. The number of phosphoric acid groups is 2. The molecule has 0 bridgehead atoms. The van der Waals surface area contributed by atoms with Gasteiger partial charge in [-0.1, -0.05) is 324 Å². The van der Waals surface area contributed by atoms with Crippen molar-refractivity contribution in [3.05, 3.63) is 0 Å². The second-order valence-electron chi connectivity index (χ2n) is 26.5. The molecule has 5 atom stereocenters. The standard InChI is InChI=1S/C72H140O17P2/c1-6-9-12-15-18-21-24-26-28-30-32-34-37-39-45-50-55-69(74)82-61-67(88-72(77)58-53-48-41-38-35-33-31-29-27-25-22-19-16-13-10-7-2)63-86-90(78,79)84-59-66(73)60-85-91(80,81)87-64-68(62-83-70(75)56-51-46-43-42-44-49-54-65(4)5)89-71(76)57-52-47-40-36-23-20-17-14-11-8-3/h65-68,73H,6-64H2,1-5H3,(H,78,79)(H,80,81)/t66-,67-,68-/m1/s1. The van der Waals surface area contributed by atoms with E-state index in [-0.39, 0.29) is 25.7 Å². The minimum Gasteiger partial charge on any atom is -0.462 e. The molecule has 0 spiro atoms. The zero-order chi connectivity index (χ0) is 67.0. The van der Waals surface area contributed by atoms with Crippen molar-refractivity contribution in [2.75, 3.05) is 39.6 Å². The maximum Gasteiger partial charge on any atom is 0.472 e. The Balaban J connectivity index is 5.22. The summed E-state index contributed by atoms with van der Waals surface area (Å²) in [6.07, 6.45) is 52.8. The average molecular weight is 1340 g/mol. The number of aliphatic hydroxyl groups excluding tert-OH is 1. The van der Waals surface area contributed by atoms with Gasteiger partial charge in [0.05, 0.1) is 26.4 Å². The highest BCUT2D eigenvalue weighted by atomic mass is 31.2. The van der Waals surface area contributed by atoms with Crippen LogP contribution < -0.4 is 0 Å². The Kier molecular flexibility index (Phi) is 64.0. The number of phosphoric ester groups is 2. The zero-order valence-corrected chi connectivity index (χ0v) is 60.8. The number of hydrogen-bond donors (Lipinski definition) is 3. The molecule has 0 amide bonds. The summed E-state index contributed by atoms with van der Waals surface area (Å²) < 4.78 is 68.3. The van der Waals surface area contributed by atoms with E-state index in [0.717, 1.165) is 96.3 Å². The number of aliphatic hydroxyl groups is 1. The van der Waals surface area contributed by atoms with Gasteiger partial charge in [-0.15, -0.1) is 0 Å². The third kappa shape index (κ3) is 66.5. The molecule has 0 radical (unpaired) electrons. The van der Waals surface area contributed by atoms with Gasteiger partial charge in [0.15, 0.2) is 12.2 Å². The maximum atomic E-state index is 13.0. The molecule has 0 fully saturated rings. The lowest BCUT2D eigenvalue weighted by molar-refractivity contribution is -0.161. The number of carbonyl (C=O) groups excluding carboxylic acids is 4. The fourth-order valence-corrected chi connectivity index (χ4v) is 12.6. The molecule has 0 saturated heterocycles. The van der Waals surface area contributed by atoms with Crippen LogP contribution in [0.3, 0.4) is 0 Å². The van der Waals surface area contributed by atoms with Crippen molar-refractivity contribution in [3.63, 3.8) is 0 Å². The molecule has 17 nitrogen and oxygen atoms in total. The first-order valence-corrected chi connectivity index (χ1v) is 40.6. The Morgan fingerprint density at radius 1 is 0.297 bits per heavy atom. The number of carbonyl (C=O) groups is 4. The molecule has 0 aliphatic rings. The lowest BCUT2D eigenvalue weighted by Gasteiger charge is -2.21. The summed E-state index contributed by atoms with van der Waals surface area (Å²) in [5.74, 6) is -1.44. The molecular formula is C72H140O17P2. The third-order valence-electron chi connectivity index (χ3n) is 16.8. The molecule has 0 aliphatic heterocycles. The average Bonchev–Trinajstić information content (AvgIpc) is 3.02. The van der Waals surface area contributed by atoms with E-state index in [9.17, 15) is 43.2 Å². The van der Waals surface area contributed by atoms with Gasteiger partial charge >= 0.3 is 39.5 Å². The van der Waals surface area contributed by atoms with E-state index in [4.69, 9.17) is 37.0 Å². The van der Waals surface area contributed by atoms with Crippen molar-refractivity contribution in [2.45, 2.75) is 393 Å². The second kappa shape index (κ2) is 65.4. The third-order valence-corrected chi connectivity index (χ3v) is 18.7. The topological polar surface area (TPSA) is 237 Å². The molecule has 0 aliphatic carbocycles. The van der Waals surface area contributed by atoms with E-state index in [1.165, 1.54) is 193 Å². The van der Waals surface area contributed by atoms with Crippen LogP contribution in [-0.4, -0.2) is 96.7 Å². The molecule has 91 heavy (non-hydrogen) atoms. The summed E-state index contributed by atoms with van der Waals surface area (Å²) in [6.45, 7) is 7.18. The van der Waals surface area contributed by atoms with E-state index in [1.807, 2.05) is 0 Å². The van der Waals surface area contributed by atoms with Gasteiger partial charge < -0.3 is 33.8 Å². The summed E-state index contributed by atoms with van der Waals surface area (Å²) in [7, 11) is -9.90. The van der Waals surface area contributed by atoms with E-state index in [0.29, 0.717) is 31.6 Å². The van der Waals surface area contributed by atoms with Gasteiger partial charge in [-0.25, -0.2) is 9.13 Å². The molecule has 19 heteroatoms. The first-order valence-electron chi connectivity index (χ1n) is 37.6. The summed E-state index contributed by atoms with van der Waals surface area (Å²) in [5.41, 5.74) is 0. The Labute approximate surface area is 556 Å². The van der Waals surface area contributed by atoms with Gasteiger partial charge in [-0.05, 0) is 31.6 Å². The smallest absolute Gasteiger partial charge is 0.462 e. The Morgan fingerprint density at radius 2 is 0.505 bits per heavy atom. The minimum atomic E-state index is -4.95. The lowest BCUT2D eigenvalue weighted by atomic mass is 10.0. The first-order chi connectivity index (χ1) is 44.0. The molecule has 0 aromatic heterocycles. The summed E-state index contributed by atoms with van der Waals surface area (Å²) >= 11 is 0. The van der Waals surface area contributed by atoms with E-state index in [1.54, 1.807) is 0 Å². The van der Waals surface area contributed by atoms with E-state index < -0.39 is 97.5 Å². The van der Waals surface area contributed by atoms with Crippen LogP contribution in [0.15, 0.2) is 0 Å². The molecule has 0 heterocycles. The highest BCUT2D eigenvalue weighted by Crippen LogP contribution is 2.45. The fraction of sp³-hybridized carbons (Fsp3) is 0.944. The fourth-order valence-electron chi connectivity index (χ4n) is 11.0. The Morgan fingerprint density at radius 3 is 0.747 bits per heavy atom. The van der Waals surface area contributed by atoms with Gasteiger partial charge in [0.2, 0.25) is 0 Å². The minimum absolute atomic E-state index is 0.106. The van der Waals surface area contributed by atoms with E-state index >= 15 is 0 Å². The zero-order valence-electron chi connectivity index (χ0n) is 59.0. The molecule has 0 aromatic carbocycles. The summed E-state index contributed by atoms with van der Waals surface area (Å²) in [6, 6.07) is 0. The van der Waals surface area contributed by atoms with Crippen LogP contribution in [0, 0.1) is 5.92 Å². The van der Waals surface area contributed by atoms with Crippen LogP contribution in [0.1, 0.15) is 375 Å². The van der Waals surface area contributed by atoms with Gasteiger partial charge in [0.25, 0.3) is 0 Å². The molecule has 540 valence electrons. The van der Waals surface area contributed by atoms with Crippen molar-refractivity contribution >= 4 is 39.5 Å². The van der Waals surface area contributed by atoms with Gasteiger partial charge in [-0.3, -0.25) is 37.3 Å². The van der Waals surface area contributed by atoms with Crippen LogP contribution in [-0.2, 0) is 65.4 Å². The lowest BCUT2D eigenvalue weighted by Crippen LogP contribution is -2.30. The molecule has 0 rings (SSSR count). The van der Waals surface area contributed by atoms with Gasteiger partial charge in [0, 0.05) is 25.7 Å². The number of rotatable bonds is 72. The van der Waals surface area contributed by atoms with E-state index in [2.05, 4.69) is 34.6 Å². The van der Waals surface area contributed by atoms with Crippen molar-refractivity contribution in [3.8, 4) is 0 Å². The van der Waals surface area contributed by atoms with Gasteiger partial charge in [-0.2, -0.15) is 0 Å². The van der Waals surface area contributed by atoms with Crippen molar-refractivity contribution in [1.82, 2.24) is 0 Å². The Bertz CT molecular complexity index is 1750. The number of esters is 4. The van der Waals surface area contributed by atoms with Crippen LogP contribution in [0.5, 0.6) is 0 Å². The van der Waals surface area contributed by atoms with Crippen LogP contribution in [0.4, 0.5) is 0 Å². The monoisotopic (exact) mass is 1340 g/mol. The highest BCUT2D eigenvalue weighted by molar-refractivity contribution is 7.47. The van der Waals surface area contributed by atoms with Gasteiger partial charge in [0.1, 0.15) is 19.3 Å². The number of hydrogen-bond acceptors (Lipinski definition) is 15. The van der Waals surface area contributed by atoms with Crippen molar-refractivity contribution in [2.24, 2.45) is 5.92 Å². The molecular weight excluding hydrogens is 1200 g/mol. The summed E-state index contributed by atoms with van der Waals surface area (Å²) in [5, 5.41) is 10.6. The Hall–Kier alpha value is -1.94. The maximum absolute atomic E-state index is 13.0. The summed E-state index contributed by atoms with van der Waals surface area (Å²) in [4.78, 5) is 72.6. The first kappa shape index (κ1) is 89.1. The predicted molar refractivity (Wildman–Crippen MR) is 368 cm³/mol. The van der Waals surface area contributed by atoms with Crippen LogP contribution >= 0.6 is 15.6 Å². The number of ether oxygens (including phenoxy) is 4. The second-order valence-corrected chi connectivity index (χ2v) is 29.4. The number of unbranched alkanes of at least 4 members (excludes halogenated alkanes) is 44. The van der Waals surface area contributed by atoms with Crippen LogP contribution in [0.2, 0.25) is 0 Å². The molecule has 0 saturated carbocycles. The predicted octanol–water partition coefficient (Wildman–Crippen LogP) is 20.9. The normalized spacial score (nSPS) is 14.0. The molecule has 3 N–H and O–H groups in total. The largest absolute Gasteiger partial charge is 0.472 e. The highest BCUT2D eigenvalue weighted by Gasteiger charge is 2.30. The van der Waals surface area contributed by atoms with Crippen molar-refractivity contribution in [1.29, 1.82) is 0 Å². The molecule has 0 aromatic rings.